The maximum atomic E-state index is 14.1. The summed E-state index contributed by atoms with van der Waals surface area (Å²) in [7, 11) is 0. The van der Waals surface area contributed by atoms with Crippen molar-refractivity contribution in [2.75, 3.05) is 26.3 Å². The molecular weight excluding hydrogens is 411 g/mol. The van der Waals surface area contributed by atoms with Crippen LogP contribution in [0, 0.1) is 12.7 Å². The maximum absolute atomic E-state index is 14.1. The van der Waals surface area contributed by atoms with Crippen LogP contribution in [0.5, 0.6) is 0 Å². The Kier molecular flexibility index (Phi) is 5.67. The quantitative estimate of drug-likeness (QED) is 0.682. The van der Waals surface area contributed by atoms with Crippen LogP contribution in [0.2, 0.25) is 0 Å². The molecule has 2 aliphatic heterocycles. The Morgan fingerprint density at radius 2 is 2.09 bits per heavy atom. The van der Waals surface area contributed by atoms with Crippen molar-refractivity contribution in [2.45, 2.75) is 63.1 Å². The van der Waals surface area contributed by atoms with E-state index in [2.05, 4.69) is 20.5 Å². The molecule has 1 aromatic heterocycles. The minimum atomic E-state index is -0.318. The number of nitrogens with zero attached hydrogens (tertiary/aromatic N) is 1. The normalized spacial score (nSPS) is 26.2. The first-order valence-corrected chi connectivity index (χ1v) is 11.6. The summed E-state index contributed by atoms with van der Waals surface area (Å²) in [4.78, 5) is 30.3. The molecule has 1 saturated carbocycles. The number of aromatic nitrogens is 1. The molecule has 8 heteroatoms. The number of rotatable bonds is 3. The van der Waals surface area contributed by atoms with E-state index in [9.17, 15) is 14.0 Å². The van der Waals surface area contributed by atoms with Gasteiger partial charge in [0.05, 0.1) is 17.7 Å². The van der Waals surface area contributed by atoms with E-state index in [0.29, 0.717) is 29.2 Å². The number of carbonyl (C=O) groups is 2. The van der Waals surface area contributed by atoms with E-state index >= 15 is 0 Å². The lowest BCUT2D eigenvalue weighted by Crippen LogP contribution is -2.62. The third-order valence-corrected chi connectivity index (χ3v) is 7.46. The van der Waals surface area contributed by atoms with Gasteiger partial charge in [-0.05, 0) is 63.1 Å². The van der Waals surface area contributed by atoms with Gasteiger partial charge in [0, 0.05) is 30.6 Å². The summed E-state index contributed by atoms with van der Waals surface area (Å²) in [5.41, 5.74) is 1.79. The Labute approximate surface area is 187 Å². The zero-order valence-electron chi connectivity index (χ0n) is 18.5. The fourth-order valence-electron chi connectivity index (χ4n) is 5.63. The third-order valence-electron chi connectivity index (χ3n) is 7.46. The summed E-state index contributed by atoms with van der Waals surface area (Å²) < 4.78 is 19.6. The third kappa shape index (κ3) is 4.13. The van der Waals surface area contributed by atoms with Crippen molar-refractivity contribution in [3.63, 3.8) is 0 Å². The van der Waals surface area contributed by atoms with Gasteiger partial charge in [-0.15, -0.1) is 0 Å². The number of likely N-dealkylation sites (tertiary alicyclic amines) is 1. The van der Waals surface area contributed by atoms with Crippen LogP contribution in [0.1, 0.15) is 54.6 Å². The number of ether oxygens (including phenoxy) is 1. The van der Waals surface area contributed by atoms with Gasteiger partial charge < -0.3 is 25.3 Å². The van der Waals surface area contributed by atoms with Crippen molar-refractivity contribution in [1.29, 1.82) is 0 Å². The van der Waals surface area contributed by atoms with Crippen LogP contribution in [-0.4, -0.2) is 65.6 Å². The largest absolute Gasteiger partial charge is 0.369 e. The molecule has 1 aromatic carbocycles. The Hall–Kier alpha value is -2.45. The topological polar surface area (TPSA) is 86.5 Å². The van der Waals surface area contributed by atoms with Crippen molar-refractivity contribution >= 4 is 22.7 Å². The van der Waals surface area contributed by atoms with Crippen molar-refractivity contribution in [3.05, 3.63) is 35.3 Å². The van der Waals surface area contributed by atoms with Crippen LogP contribution in [0.4, 0.5) is 4.39 Å². The number of aromatic amines is 1. The zero-order valence-corrected chi connectivity index (χ0v) is 18.5. The van der Waals surface area contributed by atoms with Gasteiger partial charge in [-0.25, -0.2) is 4.39 Å². The Balaban J connectivity index is 1.19. The molecule has 2 amide bonds. The highest BCUT2D eigenvalue weighted by molar-refractivity contribution is 5.99. The molecule has 3 heterocycles. The number of amides is 2. The highest BCUT2D eigenvalue weighted by Crippen LogP contribution is 2.31. The molecular formula is C24H31FN4O3. The van der Waals surface area contributed by atoms with Crippen LogP contribution in [0.25, 0.3) is 10.9 Å². The number of H-pyrrole nitrogens is 1. The molecule has 3 aliphatic rings. The van der Waals surface area contributed by atoms with Crippen LogP contribution >= 0.6 is 0 Å². The van der Waals surface area contributed by atoms with E-state index in [0.717, 1.165) is 57.2 Å². The monoisotopic (exact) mass is 442 g/mol. The second-order valence-electron chi connectivity index (χ2n) is 9.68. The molecule has 32 heavy (non-hydrogen) atoms. The van der Waals surface area contributed by atoms with Crippen LogP contribution in [0.3, 0.4) is 0 Å². The number of nitrogens with one attached hydrogen (secondary N) is 3. The minimum Gasteiger partial charge on any atom is -0.369 e. The molecule has 1 spiro atoms. The second-order valence-corrected chi connectivity index (χ2v) is 9.68. The summed E-state index contributed by atoms with van der Waals surface area (Å²) in [6.07, 6.45) is 5.85. The van der Waals surface area contributed by atoms with Crippen molar-refractivity contribution < 1.29 is 18.7 Å². The van der Waals surface area contributed by atoms with Gasteiger partial charge in [0.25, 0.3) is 5.91 Å². The first-order chi connectivity index (χ1) is 15.4. The fourth-order valence-corrected chi connectivity index (χ4v) is 5.63. The van der Waals surface area contributed by atoms with Crippen LogP contribution in [0.15, 0.2) is 18.2 Å². The van der Waals surface area contributed by atoms with E-state index in [1.165, 1.54) is 6.07 Å². The number of carbonyl (C=O) groups excluding carboxylic acids is 2. The number of benzene rings is 1. The summed E-state index contributed by atoms with van der Waals surface area (Å²) in [5, 5.41) is 6.78. The maximum Gasteiger partial charge on any atom is 0.267 e. The number of aryl methyl sites for hydroxylation is 1. The Bertz CT molecular complexity index is 989. The summed E-state index contributed by atoms with van der Waals surface area (Å²) >= 11 is 0. The Morgan fingerprint density at radius 1 is 1.28 bits per heavy atom. The second kappa shape index (κ2) is 8.48. The first kappa shape index (κ1) is 21.4. The molecule has 5 rings (SSSR count). The number of hydrogen-bond donors (Lipinski definition) is 3. The molecule has 0 unspecified atom stereocenters. The smallest absolute Gasteiger partial charge is 0.267 e. The van der Waals surface area contributed by atoms with Gasteiger partial charge in [0.1, 0.15) is 18.1 Å². The molecule has 2 atom stereocenters. The highest BCUT2D eigenvalue weighted by atomic mass is 19.1. The average molecular weight is 443 g/mol. The van der Waals surface area contributed by atoms with Gasteiger partial charge in [-0.1, -0.05) is 6.07 Å². The number of hydrogen-bond acceptors (Lipinski definition) is 4. The Morgan fingerprint density at radius 3 is 2.84 bits per heavy atom. The fraction of sp³-hybridized carbons (Fsp3) is 0.583. The van der Waals surface area contributed by atoms with E-state index in [-0.39, 0.29) is 35.8 Å². The highest BCUT2D eigenvalue weighted by Gasteiger charge is 2.41. The van der Waals surface area contributed by atoms with E-state index in [4.69, 9.17) is 4.74 Å². The first-order valence-electron chi connectivity index (χ1n) is 11.6. The minimum absolute atomic E-state index is 0.0165. The standard InChI is InChI=1S/C24H31FN4O3/c1-15-5-6-19(25)18-12-20(27-22(15)18)23(31)26-16-3-2-4-17(11-16)29-9-7-24(8-10-29)14-32-13-21(30)28-24/h5-6,12,16-17,27H,2-4,7-11,13-14H2,1H3,(H,26,31)(H,28,30)/t16-,17+/m1/s1. The lowest BCUT2D eigenvalue weighted by atomic mass is 9.84. The van der Waals surface area contributed by atoms with E-state index in [1.54, 1.807) is 12.1 Å². The predicted octanol–water partition coefficient (Wildman–Crippen LogP) is 2.64. The summed E-state index contributed by atoms with van der Waals surface area (Å²) in [6, 6.07) is 5.29. The number of piperidine rings is 1. The van der Waals surface area contributed by atoms with Crippen LogP contribution in [-0.2, 0) is 9.53 Å². The molecule has 2 aromatic rings. The van der Waals surface area contributed by atoms with Crippen molar-refractivity contribution in [3.8, 4) is 0 Å². The predicted molar refractivity (Wildman–Crippen MR) is 119 cm³/mol. The summed E-state index contributed by atoms with van der Waals surface area (Å²) in [6.45, 7) is 4.52. The summed E-state index contributed by atoms with van der Waals surface area (Å²) in [5.74, 6) is -0.511. The molecule has 1 aliphatic carbocycles. The molecule has 0 radical (unpaired) electrons. The van der Waals surface area contributed by atoms with Crippen LogP contribution < -0.4 is 10.6 Å². The number of fused-ring (bicyclic) bond motifs is 1. The number of morpholine rings is 1. The van der Waals surface area contributed by atoms with Gasteiger partial charge >= 0.3 is 0 Å². The van der Waals surface area contributed by atoms with E-state index < -0.39 is 0 Å². The van der Waals surface area contributed by atoms with E-state index in [1.807, 2.05) is 6.92 Å². The average Bonchev–Trinajstić information content (AvgIpc) is 3.24. The molecule has 3 N–H and O–H groups in total. The molecule has 172 valence electrons. The van der Waals surface area contributed by atoms with Gasteiger partial charge in [-0.2, -0.15) is 0 Å². The SMILES string of the molecule is Cc1ccc(F)c2cc(C(=O)N[C@@H]3CCC[C@H](N4CCC5(CC4)COCC(=O)N5)C3)[nH]c12. The lowest BCUT2D eigenvalue weighted by molar-refractivity contribution is -0.137. The lowest BCUT2D eigenvalue weighted by Gasteiger charge is -2.47. The molecule has 3 fully saturated rings. The molecule has 0 bridgehead atoms. The van der Waals surface area contributed by atoms with Gasteiger partial charge in [0.2, 0.25) is 5.91 Å². The van der Waals surface area contributed by atoms with Crippen molar-refractivity contribution in [2.24, 2.45) is 0 Å². The van der Waals surface area contributed by atoms with Gasteiger partial charge in [-0.3, -0.25) is 9.59 Å². The van der Waals surface area contributed by atoms with Gasteiger partial charge in [0.15, 0.2) is 0 Å². The zero-order chi connectivity index (χ0) is 22.3. The van der Waals surface area contributed by atoms with Crippen molar-refractivity contribution in [1.82, 2.24) is 20.5 Å². The number of halogens is 1. The molecule has 2 saturated heterocycles. The molecule has 7 nitrogen and oxygen atoms in total.